The summed E-state index contributed by atoms with van der Waals surface area (Å²) >= 11 is 0. The van der Waals surface area contributed by atoms with Gasteiger partial charge in [0, 0.05) is 19.2 Å². The first-order valence-electron chi connectivity index (χ1n) is 7.60. The van der Waals surface area contributed by atoms with Crippen LogP contribution in [0.15, 0.2) is 43.0 Å². The van der Waals surface area contributed by atoms with Gasteiger partial charge in [-0.25, -0.2) is 9.07 Å². The molecule has 0 bridgehead atoms. The molecule has 0 aliphatic carbocycles. The van der Waals surface area contributed by atoms with Crippen molar-refractivity contribution >= 4 is 11.7 Å². The van der Waals surface area contributed by atoms with Crippen LogP contribution in [0.5, 0.6) is 0 Å². The molecule has 2 aromatic rings. The molecule has 0 aliphatic heterocycles. The van der Waals surface area contributed by atoms with Crippen molar-refractivity contribution in [3.63, 3.8) is 0 Å². The molecule has 0 aliphatic rings. The molecule has 0 fully saturated rings. The number of aliphatic hydroxyl groups excluding tert-OH is 1. The molecule has 1 heterocycles. The van der Waals surface area contributed by atoms with Crippen molar-refractivity contribution in [1.29, 1.82) is 0 Å². The van der Waals surface area contributed by atoms with Crippen LogP contribution in [0.4, 0.5) is 10.2 Å². The second-order valence-electron chi connectivity index (χ2n) is 5.35. The second-order valence-corrected chi connectivity index (χ2v) is 5.35. The maximum Gasteiger partial charge on any atom is 0.239 e. The Hall–Kier alpha value is -2.51. The van der Waals surface area contributed by atoms with Crippen molar-refractivity contribution in [2.45, 2.75) is 6.92 Å². The van der Waals surface area contributed by atoms with Crippen LogP contribution in [0.2, 0.25) is 0 Å². The van der Waals surface area contributed by atoms with Gasteiger partial charge in [0.15, 0.2) is 0 Å². The largest absolute Gasteiger partial charge is 0.395 e. The first-order chi connectivity index (χ1) is 11.5. The number of hydrogen-bond acceptors (Lipinski definition) is 4. The van der Waals surface area contributed by atoms with E-state index >= 15 is 0 Å². The van der Waals surface area contributed by atoms with Gasteiger partial charge in [0.2, 0.25) is 5.91 Å². The normalized spacial score (nSPS) is 10.8. The lowest BCUT2D eigenvalue weighted by atomic mass is 10.3. The maximum absolute atomic E-state index is 13.1. The third-order valence-electron chi connectivity index (χ3n) is 3.34. The summed E-state index contributed by atoms with van der Waals surface area (Å²) in [6, 6.07) is 7.60. The van der Waals surface area contributed by atoms with E-state index in [0.29, 0.717) is 24.6 Å². The molecule has 2 rings (SSSR count). The molecule has 1 aromatic carbocycles. The Labute approximate surface area is 140 Å². The Bertz CT molecular complexity index is 697. The number of halogens is 1. The number of carbonyl (C=O) groups is 1. The molecule has 0 unspecified atom stereocenters. The van der Waals surface area contributed by atoms with E-state index in [0.717, 1.165) is 5.69 Å². The highest BCUT2D eigenvalue weighted by atomic mass is 19.1. The Morgan fingerprint density at radius 1 is 1.46 bits per heavy atom. The van der Waals surface area contributed by atoms with E-state index < -0.39 is 0 Å². The summed E-state index contributed by atoms with van der Waals surface area (Å²) in [5.74, 6) is -0.0579. The third kappa shape index (κ3) is 4.74. The lowest BCUT2D eigenvalue weighted by molar-refractivity contribution is -0.117. The van der Waals surface area contributed by atoms with Gasteiger partial charge in [0.1, 0.15) is 11.6 Å². The molecule has 0 saturated heterocycles. The Morgan fingerprint density at radius 3 is 2.79 bits per heavy atom. The first-order valence-corrected chi connectivity index (χ1v) is 7.60. The number of carbonyl (C=O) groups excluding carboxylic acids is 1. The summed E-state index contributed by atoms with van der Waals surface area (Å²) in [6.07, 6.45) is 1.68. The number of nitrogens with one attached hydrogen (secondary N) is 1. The minimum Gasteiger partial charge on any atom is -0.395 e. The molecule has 128 valence electrons. The number of anilines is 1. The first kappa shape index (κ1) is 17.8. The Morgan fingerprint density at radius 2 is 2.17 bits per heavy atom. The molecule has 6 nitrogen and oxygen atoms in total. The standard InChI is InChI=1S/C17H21FN4O2/c1-3-8-21(9-10-23)12-17(24)19-16-11-13(2)20-22(16)15-6-4-14(18)5-7-15/h3-7,11,23H,1,8-10,12H2,2H3,(H,19,24). The molecule has 0 saturated carbocycles. The fraction of sp³-hybridized carbons (Fsp3) is 0.294. The van der Waals surface area contributed by atoms with E-state index in [4.69, 9.17) is 5.11 Å². The molecule has 2 N–H and O–H groups in total. The highest BCUT2D eigenvalue weighted by Gasteiger charge is 2.13. The average molecular weight is 332 g/mol. The molecular weight excluding hydrogens is 311 g/mol. The quantitative estimate of drug-likeness (QED) is 0.723. The Balaban J connectivity index is 2.13. The number of aliphatic hydroxyl groups is 1. The number of benzene rings is 1. The highest BCUT2D eigenvalue weighted by molar-refractivity contribution is 5.91. The number of hydrogen-bond donors (Lipinski definition) is 2. The SMILES string of the molecule is C=CCN(CCO)CC(=O)Nc1cc(C)nn1-c1ccc(F)cc1. The van der Waals surface area contributed by atoms with Gasteiger partial charge >= 0.3 is 0 Å². The highest BCUT2D eigenvalue weighted by Crippen LogP contribution is 2.17. The minimum atomic E-state index is -0.336. The maximum atomic E-state index is 13.1. The molecule has 7 heteroatoms. The van der Waals surface area contributed by atoms with Crippen LogP contribution in [0.1, 0.15) is 5.69 Å². The monoisotopic (exact) mass is 332 g/mol. The van der Waals surface area contributed by atoms with Crippen LogP contribution in [0, 0.1) is 12.7 Å². The number of amides is 1. The summed E-state index contributed by atoms with van der Waals surface area (Å²) in [7, 11) is 0. The summed E-state index contributed by atoms with van der Waals surface area (Å²) < 4.78 is 14.6. The molecular formula is C17H21FN4O2. The van der Waals surface area contributed by atoms with Gasteiger partial charge in [-0.2, -0.15) is 5.10 Å². The molecule has 24 heavy (non-hydrogen) atoms. The van der Waals surface area contributed by atoms with Gasteiger partial charge in [-0.1, -0.05) is 6.08 Å². The van der Waals surface area contributed by atoms with Crippen molar-refractivity contribution in [3.8, 4) is 5.69 Å². The van der Waals surface area contributed by atoms with E-state index in [-0.39, 0.29) is 24.9 Å². The van der Waals surface area contributed by atoms with Gasteiger partial charge in [-0.05, 0) is 31.2 Å². The zero-order chi connectivity index (χ0) is 17.5. The third-order valence-corrected chi connectivity index (χ3v) is 3.34. The van der Waals surface area contributed by atoms with Crippen molar-refractivity contribution < 1.29 is 14.3 Å². The van der Waals surface area contributed by atoms with Gasteiger partial charge in [0.05, 0.1) is 24.5 Å². The molecule has 0 spiro atoms. The summed E-state index contributed by atoms with van der Waals surface area (Å²) in [5, 5.41) is 16.2. The number of rotatable bonds is 8. The fourth-order valence-corrected chi connectivity index (χ4v) is 2.31. The van der Waals surface area contributed by atoms with Crippen LogP contribution >= 0.6 is 0 Å². The summed E-state index contributed by atoms with van der Waals surface area (Å²) in [6.45, 7) is 6.43. The van der Waals surface area contributed by atoms with Gasteiger partial charge in [-0.15, -0.1) is 6.58 Å². The van der Waals surface area contributed by atoms with Crippen LogP contribution in [0.3, 0.4) is 0 Å². The van der Waals surface area contributed by atoms with Crippen molar-refractivity contribution in [2.75, 3.05) is 31.6 Å². The lowest BCUT2D eigenvalue weighted by Crippen LogP contribution is -2.35. The van der Waals surface area contributed by atoms with Crippen molar-refractivity contribution in [2.24, 2.45) is 0 Å². The molecule has 1 aromatic heterocycles. The van der Waals surface area contributed by atoms with Crippen LogP contribution in [0.25, 0.3) is 5.69 Å². The topological polar surface area (TPSA) is 70.4 Å². The predicted molar refractivity (Wildman–Crippen MR) is 90.6 cm³/mol. The van der Waals surface area contributed by atoms with E-state index in [1.54, 1.807) is 33.9 Å². The van der Waals surface area contributed by atoms with Crippen molar-refractivity contribution in [3.05, 3.63) is 54.5 Å². The van der Waals surface area contributed by atoms with Gasteiger partial charge in [-0.3, -0.25) is 9.69 Å². The van der Waals surface area contributed by atoms with E-state index in [1.807, 2.05) is 6.92 Å². The van der Waals surface area contributed by atoms with E-state index in [9.17, 15) is 9.18 Å². The van der Waals surface area contributed by atoms with Gasteiger partial charge < -0.3 is 10.4 Å². The smallest absolute Gasteiger partial charge is 0.239 e. The predicted octanol–water partition coefficient (Wildman–Crippen LogP) is 1.74. The summed E-state index contributed by atoms with van der Waals surface area (Å²) in [4.78, 5) is 14.0. The number of aryl methyl sites for hydroxylation is 1. The molecule has 0 atom stereocenters. The van der Waals surface area contributed by atoms with E-state index in [2.05, 4.69) is 17.0 Å². The van der Waals surface area contributed by atoms with Crippen molar-refractivity contribution in [1.82, 2.24) is 14.7 Å². The summed E-state index contributed by atoms with van der Waals surface area (Å²) in [5.41, 5.74) is 1.38. The number of nitrogens with zero attached hydrogens (tertiary/aromatic N) is 3. The van der Waals surface area contributed by atoms with Crippen LogP contribution in [-0.4, -0.2) is 51.9 Å². The Kier molecular flexibility index (Phi) is 6.22. The van der Waals surface area contributed by atoms with Crippen LogP contribution < -0.4 is 5.32 Å². The average Bonchev–Trinajstić information content (AvgIpc) is 2.89. The second kappa shape index (κ2) is 8.37. The number of aromatic nitrogens is 2. The molecule has 0 radical (unpaired) electrons. The lowest BCUT2D eigenvalue weighted by Gasteiger charge is -2.18. The minimum absolute atomic E-state index is 0.0340. The van der Waals surface area contributed by atoms with E-state index in [1.165, 1.54) is 12.1 Å². The van der Waals surface area contributed by atoms with Gasteiger partial charge in [0.25, 0.3) is 0 Å². The van der Waals surface area contributed by atoms with Crippen LogP contribution in [-0.2, 0) is 4.79 Å². The zero-order valence-corrected chi connectivity index (χ0v) is 13.6. The molecule has 1 amide bonds. The fourth-order valence-electron chi connectivity index (χ4n) is 2.31. The zero-order valence-electron chi connectivity index (χ0n) is 13.6.